The average molecular weight is 321 g/mol. The number of phenols is 1. The maximum absolute atomic E-state index is 12.4. The van der Waals surface area contributed by atoms with Gasteiger partial charge in [-0.25, -0.2) is 0 Å². The van der Waals surface area contributed by atoms with Crippen LogP contribution in [0.2, 0.25) is 0 Å². The highest BCUT2D eigenvalue weighted by molar-refractivity contribution is 9.10. The minimum atomic E-state index is -4.58. The highest BCUT2D eigenvalue weighted by Gasteiger charge is 2.40. The lowest BCUT2D eigenvalue weighted by Gasteiger charge is -2.19. The van der Waals surface area contributed by atoms with Crippen LogP contribution in [0.15, 0.2) is 16.6 Å². The van der Waals surface area contributed by atoms with Crippen LogP contribution in [0.25, 0.3) is 0 Å². The molecule has 0 aliphatic heterocycles. The molecule has 7 heteroatoms. The number of phenolic OH excluding ortho intramolecular Hbond substituents is 1. The first-order chi connectivity index (χ1) is 6.75. The van der Waals surface area contributed by atoms with Gasteiger partial charge in [0.2, 0.25) is 0 Å². The number of rotatable bonds is 1. The molecule has 0 saturated carbocycles. The summed E-state index contributed by atoms with van der Waals surface area (Å²) >= 11 is 2.93. The van der Waals surface area contributed by atoms with Crippen molar-refractivity contribution in [2.75, 3.05) is 0 Å². The van der Waals surface area contributed by atoms with Crippen molar-refractivity contribution in [3.63, 3.8) is 0 Å². The molecule has 0 aliphatic carbocycles. The Bertz CT molecular complexity index is 384. The largest absolute Gasteiger partial charge is 0.507 e. The molecule has 0 unspecified atom stereocenters. The highest BCUT2D eigenvalue weighted by Crippen LogP contribution is 2.40. The van der Waals surface area contributed by atoms with Gasteiger partial charge in [-0.1, -0.05) is 22.0 Å². The van der Waals surface area contributed by atoms with Crippen molar-refractivity contribution in [3.8, 4) is 5.75 Å². The molecule has 16 heavy (non-hydrogen) atoms. The van der Waals surface area contributed by atoms with Crippen molar-refractivity contribution in [2.45, 2.75) is 19.1 Å². The van der Waals surface area contributed by atoms with E-state index in [0.29, 0.717) is 5.56 Å². The normalized spacial score (nSPS) is 13.1. The van der Waals surface area contributed by atoms with Crippen LogP contribution in [0.5, 0.6) is 5.75 Å². The molecule has 92 valence electrons. The molecule has 0 fully saturated rings. The molecule has 0 saturated heterocycles. The van der Waals surface area contributed by atoms with Crippen molar-refractivity contribution in [3.05, 3.63) is 27.7 Å². The van der Waals surface area contributed by atoms with E-state index in [2.05, 4.69) is 15.9 Å². The van der Waals surface area contributed by atoms with E-state index in [1.807, 2.05) is 0 Å². The Morgan fingerprint density at radius 2 is 1.88 bits per heavy atom. The number of halogens is 5. The number of alkyl halides is 3. The van der Waals surface area contributed by atoms with Gasteiger partial charge in [-0.05, 0) is 18.6 Å². The van der Waals surface area contributed by atoms with Crippen molar-refractivity contribution in [1.82, 2.24) is 0 Å². The summed E-state index contributed by atoms with van der Waals surface area (Å²) in [5.41, 5.74) is 5.05. The summed E-state index contributed by atoms with van der Waals surface area (Å²) in [6, 6.07) is 0.744. The molecule has 1 aromatic rings. The Hall–Kier alpha value is -0.460. The summed E-state index contributed by atoms with van der Waals surface area (Å²) in [6.07, 6.45) is -4.58. The van der Waals surface area contributed by atoms with Crippen molar-refractivity contribution in [2.24, 2.45) is 5.73 Å². The molecule has 0 amide bonds. The van der Waals surface area contributed by atoms with E-state index in [0.717, 1.165) is 0 Å². The molecule has 1 rings (SSSR count). The molecular weight excluding hydrogens is 310 g/mol. The first kappa shape index (κ1) is 15.5. The molecular formula is C9H10BrClF3NO. The van der Waals surface area contributed by atoms with E-state index in [4.69, 9.17) is 5.73 Å². The lowest BCUT2D eigenvalue weighted by Crippen LogP contribution is -2.29. The molecule has 0 radical (unpaired) electrons. The number of nitrogens with two attached hydrogens (primary N) is 1. The summed E-state index contributed by atoms with van der Waals surface area (Å²) in [4.78, 5) is 0. The first-order valence-corrected chi connectivity index (χ1v) is 4.84. The molecule has 1 atom stereocenters. The number of hydrogen-bond donors (Lipinski definition) is 2. The van der Waals surface area contributed by atoms with Crippen molar-refractivity contribution >= 4 is 28.3 Å². The van der Waals surface area contributed by atoms with Crippen LogP contribution in [-0.4, -0.2) is 11.3 Å². The predicted octanol–water partition coefficient (Wildman–Crippen LogP) is 3.45. The van der Waals surface area contributed by atoms with Crippen LogP contribution in [0.1, 0.15) is 17.2 Å². The second kappa shape index (κ2) is 5.25. The number of benzene rings is 1. The lowest BCUT2D eigenvalue weighted by molar-refractivity contribution is -0.149. The van der Waals surface area contributed by atoms with Gasteiger partial charge in [-0.15, -0.1) is 12.4 Å². The molecule has 0 heterocycles. The van der Waals surface area contributed by atoms with Gasteiger partial charge in [0.1, 0.15) is 11.8 Å². The van der Waals surface area contributed by atoms with Crippen LogP contribution in [0.3, 0.4) is 0 Å². The fourth-order valence-electron chi connectivity index (χ4n) is 1.15. The zero-order chi connectivity index (χ0) is 11.8. The summed E-state index contributed by atoms with van der Waals surface area (Å²) in [5.74, 6) is -0.422. The van der Waals surface area contributed by atoms with Crippen LogP contribution < -0.4 is 5.73 Å². The van der Waals surface area contributed by atoms with Crippen LogP contribution in [-0.2, 0) is 0 Å². The fraction of sp³-hybridized carbons (Fsp3) is 0.333. The third-order valence-corrected chi connectivity index (χ3v) is 2.72. The molecule has 0 spiro atoms. The van der Waals surface area contributed by atoms with Gasteiger partial charge < -0.3 is 10.8 Å². The predicted molar refractivity (Wildman–Crippen MR) is 60.8 cm³/mol. The minimum absolute atomic E-state index is 0. The molecule has 0 aliphatic rings. The Balaban J connectivity index is 0.00000225. The zero-order valence-corrected chi connectivity index (χ0v) is 10.6. The van der Waals surface area contributed by atoms with Crippen LogP contribution >= 0.6 is 28.3 Å². The van der Waals surface area contributed by atoms with Gasteiger partial charge in [0.05, 0.1) is 0 Å². The maximum Gasteiger partial charge on any atom is 0.407 e. The van der Waals surface area contributed by atoms with Gasteiger partial charge in [0, 0.05) is 10.0 Å². The van der Waals surface area contributed by atoms with Crippen LogP contribution in [0, 0.1) is 6.92 Å². The van der Waals surface area contributed by atoms with Gasteiger partial charge >= 0.3 is 6.18 Å². The van der Waals surface area contributed by atoms with E-state index in [1.165, 1.54) is 19.1 Å². The number of hydrogen-bond acceptors (Lipinski definition) is 2. The van der Waals surface area contributed by atoms with E-state index in [-0.39, 0.29) is 22.4 Å². The topological polar surface area (TPSA) is 46.2 Å². The summed E-state index contributed by atoms with van der Waals surface area (Å²) in [5, 5.41) is 9.50. The van der Waals surface area contributed by atoms with Gasteiger partial charge in [-0.2, -0.15) is 13.2 Å². The average Bonchev–Trinajstić information content (AvgIpc) is 2.10. The summed E-state index contributed by atoms with van der Waals surface area (Å²) < 4.78 is 37.3. The molecule has 0 aromatic heterocycles. The van der Waals surface area contributed by atoms with E-state index in [9.17, 15) is 18.3 Å². The van der Waals surface area contributed by atoms with Crippen LogP contribution in [0.4, 0.5) is 13.2 Å². The smallest absolute Gasteiger partial charge is 0.407 e. The first-order valence-electron chi connectivity index (χ1n) is 4.05. The van der Waals surface area contributed by atoms with Gasteiger partial charge in [-0.3, -0.25) is 0 Å². The Labute approximate surface area is 105 Å². The Morgan fingerprint density at radius 3 is 2.31 bits per heavy atom. The summed E-state index contributed by atoms with van der Waals surface area (Å²) in [7, 11) is 0. The van der Waals surface area contributed by atoms with Crippen molar-refractivity contribution in [1.29, 1.82) is 0 Å². The standard InChI is InChI=1S/C9H9BrF3NO.ClH/c1-4-2-3-5(10)6(7(4)15)8(14)9(11,12)13;/h2-3,8,15H,14H2,1H3;1H/t8-;/m1./s1. The Morgan fingerprint density at radius 1 is 1.38 bits per heavy atom. The maximum atomic E-state index is 12.4. The fourth-order valence-corrected chi connectivity index (χ4v) is 1.72. The highest BCUT2D eigenvalue weighted by atomic mass is 79.9. The third kappa shape index (κ3) is 3.02. The van der Waals surface area contributed by atoms with E-state index < -0.39 is 18.0 Å². The minimum Gasteiger partial charge on any atom is -0.507 e. The molecule has 2 nitrogen and oxygen atoms in total. The Kier molecular flexibility index (Phi) is 5.10. The second-order valence-corrected chi connectivity index (χ2v) is 4.00. The van der Waals surface area contributed by atoms with E-state index >= 15 is 0 Å². The van der Waals surface area contributed by atoms with E-state index in [1.54, 1.807) is 0 Å². The SMILES string of the molecule is Cc1ccc(Br)c([C@@H](N)C(F)(F)F)c1O.Cl. The second-order valence-electron chi connectivity index (χ2n) is 3.15. The zero-order valence-electron chi connectivity index (χ0n) is 8.18. The molecule has 0 bridgehead atoms. The molecule has 1 aromatic carbocycles. The quantitative estimate of drug-likeness (QED) is 0.832. The van der Waals surface area contributed by atoms with Crippen molar-refractivity contribution < 1.29 is 18.3 Å². The monoisotopic (exact) mass is 319 g/mol. The van der Waals surface area contributed by atoms with Gasteiger partial charge in [0.15, 0.2) is 0 Å². The third-order valence-electron chi connectivity index (χ3n) is 2.03. The summed E-state index contributed by atoms with van der Waals surface area (Å²) in [6.45, 7) is 1.51. The molecule has 3 N–H and O–H groups in total. The van der Waals surface area contributed by atoms with Gasteiger partial charge in [0.25, 0.3) is 0 Å². The number of aromatic hydroxyl groups is 1. The lowest BCUT2D eigenvalue weighted by atomic mass is 10.0. The number of aryl methyl sites for hydroxylation is 1.